The van der Waals surface area contributed by atoms with Gasteiger partial charge < -0.3 is 9.84 Å². The Kier molecular flexibility index (Phi) is 5.95. The molecule has 0 atom stereocenters. The molecule has 96 valence electrons. The van der Waals surface area contributed by atoms with Gasteiger partial charge in [-0.05, 0) is 32.0 Å². The van der Waals surface area contributed by atoms with Crippen LogP contribution in [0, 0.1) is 0 Å². The molecule has 0 unspecified atom stereocenters. The van der Waals surface area contributed by atoms with Crippen LogP contribution in [0.4, 0.5) is 0 Å². The topological polar surface area (TPSA) is 32.7 Å². The number of halogens is 1. The largest absolute Gasteiger partial charge is 0.508 e. The molecule has 0 spiro atoms. The van der Waals surface area contributed by atoms with Crippen LogP contribution in [-0.2, 0) is 11.3 Å². The minimum Gasteiger partial charge on any atom is -0.508 e. The van der Waals surface area contributed by atoms with E-state index in [4.69, 9.17) is 4.74 Å². The van der Waals surface area contributed by atoms with Gasteiger partial charge >= 0.3 is 0 Å². The average Bonchev–Trinajstić information content (AvgIpc) is 2.28. The lowest BCUT2D eigenvalue weighted by Crippen LogP contribution is -2.33. The Bertz CT molecular complexity index is 355. The molecule has 4 heteroatoms. The number of benzene rings is 1. The molecule has 0 saturated carbocycles. The van der Waals surface area contributed by atoms with Gasteiger partial charge in [-0.1, -0.05) is 15.9 Å². The van der Waals surface area contributed by atoms with Gasteiger partial charge in [-0.3, -0.25) is 4.90 Å². The number of methoxy groups -OCH3 is 1. The second kappa shape index (κ2) is 6.99. The Labute approximate surface area is 112 Å². The van der Waals surface area contributed by atoms with E-state index in [2.05, 4.69) is 34.7 Å². The fraction of sp³-hybridized carbons (Fsp3) is 0.538. The second-order valence-electron chi connectivity index (χ2n) is 4.33. The zero-order valence-corrected chi connectivity index (χ0v) is 12.2. The smallest absolute Gasteiger partial charge is 0.120 e. The summed E-state index contributed by atoms with van der Waals surface area (Å²) in [5.74, 6) is 0.344. The molecule has 0 aliphatic heterocycles. The van der Waals surface area contributed by atoms with Crippen molar-refractivity contribution in [3.05, 3.63) is 28.2 Å². The van der Waals surface area contributed by atoms with Crippen molar-refractivity contribution < 1.29 is 9.84 Å². The maximum Gasteiger partial charge on any atom is 0.120 e. The van der Waals surface area contributed by atoms with Gasteiger partial charge in [-0.15, -0.1) is 0 Å². The zero-order valence-electron chi connectivity index (χ0n) is 10.6. The first-order valence-corrected chi connectivity index (χ1v) is 6.54. The van der Waals surface area contributed by atoms with Gasteiger partial charge in [0.1, 0.15) is 5.75 Å². The van der Waals surface area contributed by atoms with Gasteiger partial charge in [0.25, 0.3) is 0 Å². The summed E-state index contributed by atoms with van der Waals surface area (Å²) in [6.07, 6.45) is 0. The van der Waals surface area contributed by atoms with E-state index in [0.29, 0.717) is 18.4 Å². The molecule has 0 aliphatic carbocycles. The fourth-order valence-electron chi connectivity index (χ4n) is 1.63. The van der Waals surface area contributed by atoms with E-state index < -0.39 is 0 Å². The lowest BCUT2D eigenvalue weighted by atomic mass is 10.1. The number of phenolic OH excluding ortho intramolecular Hbond substituents is 1. The number of hydrogen-bond donors (Lipinski definition) is 1. The predicted molar refractivity (Wildman–Crippen MR) is 73.2 cm³/mol. The van der Waals surface area contributed by atoms with Gasteiger partial charge in [-0.25, -0.2) is 0 Å². The van der Waals surface area contributed by atoms with E-state index in [-0.39, 0.29) is 0 Å². The van der Waals surface area contributed by atoms with Crippen molar-refractivity contribution in [2.75, 3.05) is 20.3 Å². The zero-order chi connectivity index (χ0) is 12.8. The van der Waals surface area contributed by atoms with Crippen LogP contribution >= 0.6 is 15.9 Å². The highest BCUT2D eigenvalue weighted by Crippen LogP contribution is 2.23. The number of rotatable bonds is 6. The van der Waals surface area contributed by atoms with Gasteiger partial charge in [0.05, 0.1) is 6.61 Å². The molecule has 1 rings (SSSR count). The van der Waals surface area contributed by atoms with Crippen molar-refractivity contribution in [1.29, 1.82) is 0 Å². The van der Waals surface area contributed by atoms with Crippen LogP contribution in [0.15, 0.2) is 22.7 Å². The normalized spacial score (nSPS) is 11.4. The lowest BCUT2D eigenvalue weighted by Gasteiger charge is -2.26. The summed E-state index contributed by atoms with van der Waals surface area (Å²) in [6.45, 7) is 6.58. The molecule has 0 heterocycles. The number of phenols is 1. The van der Waals surface area contributed by atoms with Crippen LogP contribution in [-0.4, -0.2) is 36.3 Å². The van der Waals surface area contributed by atoms with E-state index in [1.807, 2.05) is 12.1 Å². The molecular formula is C13H20BrNO2. The summed E-state index contributed by atoms with van der Waals surface area (Å²) >= 11 is 3.42. The Morgan fingerprint density at radius 1 is 1.41 bits per heavy atom. The molecule has 17 heavy (non-hydrogen) atoms. The number of ether oxygens (including phenoxy) is 1. The first-order chi connectivity index (χ1) is 8.04. The Hall–Kier alpha value is -0.580. The molecule has 0 bridgehead atoms. The minimum absolute atomic E-state index is 0.344. The summed E-state index contributed by atoms with van der Waals surface area (Å²) in [7, 11) is 1.70. The molecule has 0 saturated heterocycles. The van der Waals surface area contributed by atoms with Crippen molar-refractivity contribution in [2.45, 2.75) is 26.4 Å². The van der Waals surface area contributed by atoms with E-state index >= 15 is 0 Å². The third-order valence-corrected chi connectivity index (χ3v) is 3.22. The van der Waals surface area contributed by atoms with Crippen LogP contribution in [0.25, 0.3) is 0 Å². The quantitative estimate of drug-likeness (QED) is 0.877. The second-order valence-corrected chi connectivity index (χ2v) is 5.25. The number of hydrogen-bond acceptors (Lipinski definition) is 3. The summed E-state index contributed by atoms with van der Waals surface area (Å²) in [5, 5.41) is 9.81. The average molecular weight is 302 g/mol. The highest BCUT2D eigenvalue weighted by atomic mass is 79.9. The summed E-state index contributed by atoms with van der Waals surface area (Å²) < 4.78 is 6.09. The Morgan fingerprint density at radius 2 is 2.12 bits per heavy atom. The standard InChI is InChI=1S/C13H20BrNO2/c1-10(2)15(6-7-17-3)9-11-8-12(14)4-5-13(11)16/h4-5,8,10,16H,6-7,9H2,1-3H3. The van der Waals surface area contributed by atoms with Crippen molar-refractivity contribution >= 4 is 15.9 Å². The van der Waals surface area contributed by atoms with Crippen molar-refractivity contribution in [3.8, 4) is 5.75 Å². The molecular weight excluding hydrogens is 282 g/mol. The summed E-state index contributed by atoms with van der Waals surface area (Å²) in [4.78, 5) is 2.27. The van der Waals surface area contributed by atoms with Gasteiger partial charge in [0, 0.05) is 36.3 Å². The Balaban J connectivity index is 2.74. The van der Waals surface area contributed by atoms with Crippen LogP contribution in [0.3, 0.4) is 0 Å². The molecule has 3 nitrogen and oxygen atoms in total. The SMILES string of the molecule is COCCN(Cc1cc(Br)ccc1O)C(C)C. The molecule has 1 aromatic carbocycles. The molecule has 0 aromatic heterocycles. The van der Waals surface area contributed by atoms with Crippen LogP contribution in [0.1, 0.15) is 19.4 Å². The third-order valence-electron chi connectivity index (χ3n) is 2.73. The minimum atomic E-state index is 0.344. The van der Waals surface area contributed by atoms with E-state index in [0.717, 1.165) is 23.1 Å². The molecule has 0 aliphatic rings. The van der Waals surface area contributed by atoms with Crippen molar-refractivity contribution in [3.63, 3.8) is 0 Å². The van der Waals surface area contributed by atoms with Gasteiger partial charge in [0.2, 0.25) is 0 Å². The molecule has 0 fully saturated rings. The fourth-order valence-corrected chi connectivity index (χ4v) is 2.04. The summed E-state index contributed by atoms with van der Waals surface area (Å²) in [6, 6.07) is 5.93. The maximum absolute atomic E-state index is 9.81. The first-order valence-electron chi connectivity index (χ1n) is 5.75. The lowest BCUT2D eigenvalue weighted by molar-refractivity contribution is 0.124. The first kappa shape index (κ1) is 14.5. The van der Waals surface area contributed by atoms with Gasteiger partial charge in [0.15, 0.2) is 0 Å². The molecule has 1 N–H and O–H groups in total. The summed E-state index contributed by atoms with van der Waals surface area (Å²) in [5.41, 5.74) is 0.934. The molecule has 0 amide bonds. The monoisotopic (exact) mass is 301 g/mol. The van der Waals surface area contributed by atoms with Crippen LogP contribution < -0.4 is 0 Å². The van der Waals surface area contributed by atoms with E-state index in [9.17, 15) is 5.11 Å². The van der Waals surface area contributed by atoms with Crippen molar-refractivity contribution in [1.82, 2.24) is 4.90 Å². The van der Waals surface area contributed by atoms with E-state index in [1.165, 1.54) is 0 Å². The third kappa shape index (κ3) is 4.66. The maximum atomic E-state index is 9.81. The van der Waals surface area contributed by atoms with Crippen LogP contribution in [0.5, 0.6) is 5.75 Å². The Morgan fingerprint density at radius 3 is 2.71 bits per heavy atom. The molecule has 0 radical (unpaired) electrons. The van der Waals surface area contributed by atoms with E-state index in [1.54, 1.807) is 13.2 Å². The predicted octanol–water partition coefficient (Wildman–Crippen LogP) is 3.01. The number of nitrogens with zero attached hydrogens (tertiary/aromatic N) is 1. The van der Waals surface area contributed by atoms with Crippen molar-refractivity contribution in [2.24, 2.45) is 0 Å². The highest BCUT2D eigenvalue weighted by Gasteiger charge is 2.12. The molecule has 1 aromatic rings. The highest BCUT2D eigenvalue weighted by molar-refractivity contribution is 9.10. The van der Waals surface area contributed by atoms with Crippen LogP contribution in [0.2, 0.25) is 0 Å². The van der Waals surface area contributed by atoms with Gasteiger partial charge in [-0.2, -0.15) is 0 Å². The number of aromatic hydroxyl groups is 1.